The number of thiazole rings is 1. The first-order valence-electron chi connectivity index (χ1n) is 10.7. The minimum Gasteiger partial charge on any atom is -0.543 e. The van der Waals surface area contributed by atoms with E-state index in [1.165, 1.54) is 32.9 Å². The zero-order valence-electron chi connectivity index (χ0n) is 19.5. The van der Waals surface area contributed by atoms with Crippen LogP contribution in [0, 0.1) is 11.8 Å². The molecule has 4 atom stereocenters. The van der Waals surface area contributed by atoms with Crippen molar-refractivity contribution < 1.29 is 54.2 Å². The smallest absolute Gasteiger partial charge is 0.543 e. The normalized spacial score (nSPS) is 26.0. The van der Waals surface area contributed by atoms with Gasteiger partial charge in [-0.1, -0.05) is 6.92 Å². The Kier molecular flexibility index (Phi) is 8.23. The van der Waals surface area contributed by atoms with Gasteiger partial charge in [-0.05, 0) is 19.8 Å². The van der Waals surface area contributed by atoms with Crippen LogP contribution in [-0.4, -0.2) is 82.3 Å². The maximum atomic E-state index is 12.5. The molecule has 3 aliphatic heterocycles. The van der Waals surface area contributed by atoms with Crippen molar-refractivity contribution in [2.24, 2.45) is 11.8 Å². The van der Waals surface area contributed by atoms with Crippen molar-refractivity contribution in [3.05, 3.63) is 21.7 Å². The number of hydrogen-bond acceptors (Lipinski definition) is 9. The largest absolute Gasteiger partial charge is 1.00 e. The molecule has 4 rings (SSSR count). The van der Waals surface area contributed by atoms with Crippen molar-refractivity contribution in [2.75, 3.05) is 32.1 Å². The predicted molar refractivity (Wildman–Crippen MR) is 120 cm³/mol. The zero-order valence-corrected chi connectivity index (χ0v) is 23.1. The van der Waals surface area contributed by atoms with Crippen LogP contribution in [-0.2, 0) is 9.59 Å². The molecule has 174 valence electrons. The minimum absolute atomic E-state index is 0. The van der Waals surface area contributed by atoms with E-state index in [1.54, 1.807) is 26.4 Å². The number of carbonyl (C=O) groups is 3. The summed E-state index contributed by atoms with van der Waals surface area (Å²) in [6.07, 6.45) is 0.844. The number of aromatic nitrogens is 1. The van der Waals surface area contributed by atoms with Crippen LogP contribution in [0.3, 0.4) is 0 Å². The van der Waals surface area contributed by atoms with E-state index in [-0.39, 0.29) is 64.3 Å². The fourth-order valence-electron chi connectivity index (χ4n) is 4.75. The zero-order chi connectivity index (χ0) is 23.3. The number of fused-ring (bicyclic) bond motifs is 1. The van der Waals surface area contributed by atoms with Gasteiger partial charge < -0.3 is 29.7 Å². The maximum Gasteiger partial charge on any atom is 1.00 e. The van der Waals surface area contributed by atoms with Crippen molar-refractivity contribution in [1.29, 1.82) is 0 Å². The first-order chi connectivity index (χ1) is 15.1. The van der Waals surface area contributed by atoms with Crippen LogP contribution < -0.4 is 39.6 Å². The standard InChI is InChI=1S/C21H28N4O5S2.Na/c1-10-15-14(11(2)26)19(28)25(15)16(20(29)30)17(10)32-12-5-7-24(8-6-12)21-22-13(9-31-21)18(27)23(3)4;/h9-12,14-15,26H,5-8H2,1-4H3,(H,29,30);/q;+1/p-1/t10-,11?,14?,15?;/m1./s1. The van der Waals surface area contributed by atoms with Crippen molar-refractivity contribution in [1.82, 2.24) is 14.8 Å². The number of nitrogens with zero attached hydrogens (tertiary/aromatic N) is 4. The van der Waals surface area contributed by atoms with Crippen molar-refractivity contribution in [3.63, 3.8) is 0 Å². The second-order valence-corrected chi connectivity index (χ2v) is 11.0. The molecule has 9 nitrogen and oxygen atoms in total. The Morgan fingerprint density at radius 3 is 2.52 bits per heavy atom. The summed E-state index contributed by atoms with van der Waals surface area (Å²) in [4.78, 5) is 46.6. The number of aliphatic hydroxyl groups is 1. The Bertz CT molecular complexity index is 974. The number of carboxylic acids is 1. The van der Waals surface area contributed by atoms with Crippen LogP contribution in [0.4, 0.5) is 5.13 Å². The van der Waals surface area contributed by atoms with Crippen LogP contribution in [0.15, 0.2) is 16.0 Å². The summed E-state index contributed by atoms with van der Waals surface area (Å²) >= 11 is 2.98. The van der Waals surface area contributed by atoms with Gasteiger partial charge in [0.05, 0.1) is 29.7 Å². The Hall–Kier alpha value is -1.11. The SMILES string of the molecule is CC(O)C1C(=O)N2C(C(=O)[O-])=C(SC3CCN(c4nc(C(=O)N(C)C)cs4)CC3)[C@H](C)C12.[Na+]. The molecular formula is C21H27N4NaO5S2. The molecular weight excluding hydrogens is 475 g/mol. The molecule has 1 aromatic heterocycles. The van der Waals surface area contributed by atoms with Gasteiger partial charge in [0.15, 0.2) is 5.13 Å². The average molecular weight is 503 g/mol. The molecule has 0 bridgehead atoms. The van der Waals surface area contributed by atoms with Crippen LogP contribution in [0.1, 0.15) is 37.2 Å². The molecule has 1 N–H and O–H groups in total. The number of anilines is 1. The number of piperidine rings is 1. The fraction of sp³-hybridized carbons (Fsp3) is 0.619. The summed E-state index contributed by atoms with van der Waals surface area (Å²) in [6, 6.07) is -0.319. The number of amides is 2. The molecule has 33 heavy (non-hydrogen) atoms. The van der Waals surface area contributed by atoms with Gasteiger partial charge in [0, 0.05) is 48.6 Å². The summed E-state index contributed by atoms with van der Waals surface area (Å²) in [7, 11) is 3.40. The van der Waals surface area contributed by atoms with E-state index in [9.17, 15) is 24.6 Å². The summed E-state index contributed by atoms with van der Waals surface area (Å²) < 4.78 is 0. The molecule has 0 aliphatic carbocycles. The van der Waals surface area contributed by atoms with E-state index < -0.39 is 18.0 Å². The first-order valence-corrected chi connectivity index (χ1v) is 12.4. The van der Waals surface area contributed by atoms with Crippen LogP contribution in [0.5, 0.6) is 0 Å². The van der Waals surface area contributed by atoms with Gasteiger partial charge in [0.25, 0.3) is 5.91 Å². The van der Waals surface area contributed by atoms with Crippen molar-refractivity contribution in [3.8, 4) is 0 Å². The molecule has 2 amide bonds. The summed E-state index contributed by atoms with van der Waals surface area (Å²) in [5, 5.41) is 24.6. The second kappa shape index (κ2) is 10.2. The number of aliphatic hydroxyl groups excluding tert-OH is 1. The number of aliphatic carboxylic acids is 1. The molecule has 0 radical (unpaired) electrons. The molecule has 2 fully saturated rings. The first kappa shape index (κ1) is 26.5. The molecule has 2 saturated heterocycles. The van der Waals surface area contributed by atoms with Gasteiger partial charge in [-0.3, -0.25) is 9.59 Å². The molecule has 1 aromatic rings. The van der Waals surface area contributed by atoms with Crippen LogP contribution in [0.2, 0.25) is 0 Å². The van der Waals surface area contributed by atoms with Gasteiger partial charge in [-0.15, -0.1) is 23.1 Å². The number of rotatable bonds is 6. The Labute approximate surface area is 223 Å². The molecule has 0 saturated carbocycles. The van der Waals surface area contributed by atoms with Gasteiger partial charge >= 0.3 is 29.6 Å². The third kappa shape index (κ3) is 4.72. The van der Waals surface area contributed by atoms with E-state index in [0.29, 0.717) is 10.6 Å². The van der Waals surface area contributed by atoms with Crippen molar-refractivity contribution in [2.45, 2.75) is 44.1 Å². The topological polar surface area (TPSA) is 117 Å². The molecule has 0 aromatic carbocycles. The number of thioether (sulfide) groups is 1. The second-order valence-electron chi connectivity index (χ2n) is 8.77. The summed E-state index contributed by atoms with van der Waals surface area (Å²) in [5.41, 5.74) is 0.417. The van der Waals surface area contributed by atoms with Crippen LogP contribution >= 0.6 is 23.1 Å². The van der Waals surface area contributed by atoms with E-state index in [2.05, 4.69) is 9.88 Å². The monoisotopic (exact) mass is 502 g/mol. The Morgan fingerprint density at radius 2 is 1.97 bits per heavy atom. The average Bonchev–Trinajstić information content (AvgIpc) is 3.30. The Morgan fingerprint density at radius 1 is 1.33 bits per heavy atom. The number of carboxylic acid groups (broad SMARTS) is 1. The third-order valence-corrected chi connectivity index (χ3v) is 8.95. The van der Waals surface area contributed by atoms with E-state index in [1.807, 2.05) is 6.92 Å². The van der Waals surface area contributed by atoms with E-state index >= 15 is 0 Å². The summed E-state index contributed by atoms with van der Waals surface area (Å²) in [6.45, 7) is 5.00. The van der Waals surface area contributed by atoms with Gasteiger partial charge in [0.2, 0.25) is 5.91 Å². The van der Waals surface area contributed by atoms with Gasteiger partial charge in [0.1, 0.15) is 5.69 Å². The van der Waals surface area contributed by atoms with Gasteiger partial charge in [-0.2, -0.15) is 0 Å². The van der Waals surface area contributed by atoms with Gasteiger partial charge in [-0.25, -0.2) is 4.98 Å². The molecule has 12 heteroatoms. The third-order valence-electron chi connectivity index (χ3n) is 6.43. The molecule has 0 spiro atoms. The maximum absolute atomic E-state index is 12.5. The fourth-order valence-corrected chi connectivity index (χ4v) is 7.06. The number of carbonyl (C=O) groups excluding carboxylic acids is 3. The number of hydrogen-bond donors (Lipinski definition) is 1. The van der Waals surface area contributed by atoms with Crippen LogP contribution in [0.25, 0.3) is 0 Å². The molecule has 3 unspecified atom stereocenters. The van der Waals surface area contributed by atoms with E-state index in [4.69, 9.17) is 0 Å². The minimum atomic E-state index is -1.34. The Balaban J connectivity index is 0.00000306. The molecule has 3 aliphatic rings. The summed E-state index contributed by atoms with van der Waals surface area (Å²) in [5.74, 6) is -2.51. The van der Waals surface area contributed by atoms with Crippen molar-refractivity contribution >= 4 is 46.0 Å². The van der Waals surface area contributed by atoms with E-state index in [0.717, 1.165) is 31.1 Å². The predicted octanol–water partition coefficient (Wildman–Crippen LogP) is -2.63. The quantitative estimate of drug-likeness (QED) is 0.332. The molecule has 4 heterocycles. The number of β-lactam (4-membered cyclic amide) rings is 1.